The molecule has 0 spiro atoms. The van der Waals surface area contributed by atoms with Crippen molar-refractivity contribution in [3.63, 3.8) is 0 Å². The second-order valence-corrected chi connectivity index (χ2v) is 4.97. The molecule has 0 radical (unpaired) electrons. The summed E-state index contributed by atoms with van der Waals surface area (Å²) in [6.45, 7) is 1.03. The average molecular weight is 240 g/mol. The van der Waals surface area contributed by atoms with E-state index in [-0.39, 0.29) is 0 Å². The van der Waals surface area contributed by atoms with E-state index in [0.717, 1.165) is 29.4 Å². The summed E-state index contributed by atoms with van der Waals surface area (Å²) < 4.78 is 0. The zero-order valence-corrected chi connectivity index (χ0v) is 10.3. The minimum atomic E-state index is 0.596. The van der Waals surface area contributed by atoms with Crippen LogP contribution in [0.25, 0.3) is 0 Å². The first-order valence-corrected chi connectivity index (χ1v) is 5.95. The molecule has 3 heteroatoms. The number of nitrogens with zero attached hydrogens (tertiary/aromatic N) is 1. The SMILES string of the molecule is CN1CC(c2ccc(Cl)cc2)CCC1=S. The summed E-state index contributed by atoms with van der Waals surface area (Å²) in [5.74, 6) is 0.596. The number of thiocarbonyl (C=S) groups is 1. The molecule has 0 saturated carbocycles. The Morgan fingerprint density at radius 2 is 2.00 bits per heavy atom. The van der Waals surface area contributed by atoms with Gasteiger partial charge in [-0.2, -0.15) is 0 Å². The molecule has 1 aromatic carbocycles. The largest absolute Gasteiger partial charge is 0.369 e. The van der Waals surface area contributed by atoms with E-state index < -0.39 is 0 Å². The molecule has 1 atom stereocenters. The summed E-state index contributed by atoms with van der Waals surface area (Å²) >= 11 is 11.1. The van der Waals surface area contributed by atoms with E-state index in [0.29, 0.717) is 5.92 Å². The Labute approximate surface area is 101 Å². The normalized spacial score (nSPS) is 21.9. The zero-order chi connectivity index (χ0) is 10.8. The monoisotopic (exact) mass is 239 g/mol. The van der Waals surface area contributed by atoms with Gasteiger partial charge in [0.2, 0.25) is 0 Å². The predicted molar refractivity (Wildman–Crippen MR) is 68.7 cm³/mol. The van der Waals surface area contributed by atoms with Crippen molar-refractivity contribution in [2.45, 2.75) is 18.8 Å². The molecule has 2 rings (SSSR count). The van der Waals surface area contributed by atoms with E-state index in [4.69, 9.17) is 23.8 Å². The minimum Gasteiger partial charge on any atom is -0.369 e. The smallest absolute Gasteiger partial charge is 0.0777 e. The summed E-state index contributed by atoms with van der Waals surface area (Å²) in [5, 5.41) is 0.804. The van der Waals surface area contributed by atoms with E-state index in [9.17, 15) is 0 Å². The molecular formula is C12H14ClNS. The lowest BCUT2D eigenvalue weighted by atomic mass is 9.91. The van der Waals surface area contributed by atoms with Crippen molar-refractivity contribution in [3.05, 3.63) is 34.9 Å². The molecule has 0 amide bonds. The molecule has 1 aliphatic rings. The van der Waals surface area contributed by atoms with E-state index in [1.54, 1.807) is 0 Å². The molecule has 80 valence electrons. The van der Waals surface area contributed by atoms with Gasteiger partial charge in [0.25, 0.3) is 0 Å². The Balaban J connectivity index is 2.12. The summed E-state index contributed by atoms with van der Waals surface area (Å²) in [6.07, 6.45) is 2.18. The van der Waals surface area contributed by atoms with Crippen molar-refractivity contribution in [3.8, 4) is 0 Å². The molecule has 0 N–H and O–H groups in total. The van der Waals surface area contributed by atoms with Crippen LogP contribution in [0.15, 0.2) is 24.3 Å². The number of rotatable bonds is 1. The molecule has 15 heavy (non-hydrogen) atoms. The predicted octanol–water partition coefficient (Wildman–Crippen LogP) is 3.48. The fourth-order valence-electron chi connectivity index (χ4n) is 2.02. The van der Waals surface area contributed by atoms with Gasteiger partial charge < -0.3 is 4.90 Å². The molecule has 1 aliphatic heterocycles. The van der Waals surface area contributed by atoms with Crippen LogP contribution in [-0.2, 0) is 0 Å². The van der Waals surface area contributed by atoms with Gasteiger partial charge in [0.05, 0.1) is 4.99 Å². The molecule has 1 nitrogen and oxygen atoms in total. The van der Waals surface area contributed by atoms with Gasteiger partial charge in [-0.1, -0.05) is 36.0 Å². The van der Waals surface area contributed by atoms with Crippen LogP contribution in [0, 0.1) is 0 Å². The highest BCUT2D eigenvalue weighted by molar-refractivity contribution is 7.80. The Kier molecular flexibility index (Phi) is 3.27. The summed E-state index contributed by atoms with van der Waals surface area (Å²) in [7, 11) is 2.07. The first kappa shape index (κ1) is 10.9. The van der Waals surface area contributed by atoms with Gasteiger partial charge in [-0.3, -0.25) is 0 Å². The summed E-state index contributed by atoms with van der Waals surface area (Å²) in [6, 6.07) is 8.16. The number of benzene rings is 1. The van der Waals surface area contributed by atoms with Crippen LogP contribution in [-0.4, -0.2) is 23.5 Å². The second kappa shape index (κ2) is 4.50. The van der Waals surface area contributed by atoms with Gasteiger partial charge >= 0.3 is 0 Å². The van der Waals surface area contributed by atoms with E-state index in [2.05, 4.69) is 24.1 Å². The topological polar surface area (TPSA) is 3.24 Å². The van der Waals surface area contributed by atoms with E-state index >= 15 is 0 Å². The third-order valence-electron chi connectivity index (χ3n) is 2.97. The van der Waals surface area contributed by atoms with Crippen LogP contribution >= 0.6 is 23.8 Å². The van der Waals surface area contributed by atoms with Crippen LogP contribution in [0.5, 0.6) is 0 Å². The van der Waals surface area contributed by atoms with Gasteiger partial charge in [0.15, 0.2) is 0 Å². The molecule has 1 aromatic rings. The third-order valence-corrected chi connectivity index (χ3v) is 3.74. The maximum atomic E-state index is 5.87. The molecule has 0 aromatic heterocycles. The number of likely N-dealkylation sites (N-methyl/N-ethyl adjacent to an activating group) is 1. The van der Waals surface area contributed by atoms with Crippen LogP contribution in [0.1, 0.15) is 24.3 Å². The van der Waals surface area contributed by atoms with Crippen molar-refractivity contribution in [1.29, 1.82) is 0 Å². The fraction of sp³-hybridized carbons (Fsp3) is 0.417. The lowest BCUT2D eigenvalue weighted by Gasteiger charge is -2.32. The third kappa shape index (κ3) is 2.50. The van der Waals surface area contributed by atoms with Gasteiger partial charge in [-0.25, -0.2) is 0 Å². The van der Waals surface area contributed by atoms with Gasteiger partial charge in [0, 0.05) is 24.5 Å². The molecular weight excluding hydrogens is 226 g/mol. The highest BCUT2D eigenvalue weighted by Crippen LogP contribution is 2.27. The molecule has 1 fully saturated rings. The van der Waals surface area contributed by atoms with Crippen molar-refractivity contribution < 1.29 is 0 Å². The van der Waals surface area contributed by atoms with Crippen molar-refractivity contribution in [2.75, 3.05) is 13.6 Å². The van der Waals surface area contributed by atoms with Crippen LogP contribution in [0.4, 0.5) is 0 Å². The quantitative estimate of drug-likeness (QED) is 0.691. The van der Waals surface area contributed by atoms with E-state index in [1.807, 2.05) is 12.1 Å². The summed E-state index contributed by atoms with van der Waals surface area (Å²) in [4.78, 5) is 3.26. The second-order valence-electron chi connectivity index (χ2n) is 4.06. The molecule has 0 aliphatic carbocycles. The van der Waals surface area contributed by atoms with Crippen molar-refractivity contribution in [2.24, 2.45) is 0 Å². The van der Waals surface area contributed by atoms with Crippen LogP contribution in [0.2, 0.25) is 5.02 Å². The zero-order valence-electron chi connectivity index (χ0n) is 8.74. The standard InChI is InChI=1S/C12H14ClNS/c1-14-8-10(4-7-12(14)15)9-2-5-11(13)6-3-9/h2-3,5-6,10H,4,7-8H2,1H3. The Morgan fingerprint density at radius 3 is 2.60 bits per heavy atom. The first-order chi connectivity index (χ1) is 7.16. The lowest BCUT2D eigenvalue weighted by Crippen LogP contribution is -2.34. The van der Waals surface area contributed by atoms with Gasteiger partial charge in [0.1, 0.15) is 0 Å². The fourth-order valence-corrected chi connectivity index (χ4v) is 2.34. The van der Waals surface area contributed by atoms with Crippen LogP contribution in [0.3, 0.4) is 0 Å². The maximum Gasteiger partial charge on any atom is 0.0777 e. The Morgan fingerprint density at radius 1 is 1.33 bits per heavy atom. The number of likely N-dealkylation sites (tertiary alicyclic amines) is 1. The molecule has 0 bridgehead atoms. The lowest BCUT2D eigenvalue weighted by molar-refractivity contribution is 0.400. The Bertz CT molecular complexity index is 360. The molecule has 1 saturated heterocycles. The highest BCUT2D eigenvalue weighted by Gasteiger charge is 2.21. The van der Waals surface area contributed by atoms with Gasteiger partial charge in [-0.15, -0.1) is 0 Å². The number of halogens is 1. The van der Waals surface area contributed by atoms with Crippen molar-refractivity contribution >= 4 is 28.8 Å². The minimum absolute atomic E-state index is 0.596. The molecule has 1 heterocycles. The average Bonchev–Trinajstić information content (AvgIpc) is 2.23. The van der Waals surface area contributed by atoms with Gasteiger partial charge in [-0.05, 0) is 30.5 Å². The number of hydrogen-bond donors (Lipinski definition) is 0. The molecule has 1 unspecified atom stereocenters. The highest BCUT2D eigenvalue weighted by atomic mass is 35.5. The van der Waals surface area contributed by atoms with E-state index in [1.165, 1.54) is 5.56 Å². The number of piperidine rings is 1. The first-order valence-electron chi connectivity index (χ1n) is 5.16. The maximum absolute atomic E-state index is 5.87. The Hall–Kier alpha value is -0.600. The van der Waals surface area contributed by atoms with Crippen LogP contribution < -0.4 is 0 Å². The van der Waals surface area contributed by atoms with Crippen molar-refractivity contribution in [1.82, 2.24) is 4.90 Å². The summed E-state index contributed by atoms with van der Waals surface area (Å²) in [5.41, 5.74) is 1.37. The number of hydrogen-bond acceptors (Lipinski definition) is 1.